The molecule has 0 bridgehead atoms. The van der Waals surface area contributed by atoms with Gasteiger partial charge in [-0.25, -0.2) is 12.8 Å². The summed E-state index contributed by atoms with van der Waals surface area (Å²) in [4.78, 5) is 10.5. The van der Waals surface area contributed by atoms with Crippen molar-refractivity contribution in [3.8, 4) is 0 Å². The Kier molecular flexibility index (Phi) is 11.8. The Labute approximate surface area is 173 Å². The average Bonchev–Trinajstić information content (AvgIpc) is 2.70. The Morgan fingerprint density at radius 3 is 2.41 bits per heavy atom. The van der Waals surface area contributed by atoms with E-state index in [1.807, 2.05) is 0 Å². The molecule has 0 amide bonds. The van der Waals surface area contributed by atoms with Gasteiger partial charge in [0.15, 0.2) is 0 Å². The largest absolute Gasteiger partial charge is 0.481 e. The van der Waals surface area contributed by atoms with E-state index in [1.54, 1.807) is 31.2 Å². The Hall–Kier alpha value is -1.68. The quantitative estimate of drug-likeness (QED) is 0.209. The fraction of sp³-hybridized carbons (Fsp3) is 0.650. The van der Waals surface area contributed by atoms with Crippen LogP contribution in [0, 0.1) is 0 Å². The lowest BCUT2D eigenvalue weighted by molar-refractivity contribution is -0.137. The van der Waals surface area contributed by atoms with Crippen LogP contribution in [0.5, 0.6) is 0 Å². The highest BCUT2D eigenvalue weighted by molar-refractivity contribution is 7.92. The van der Waals surface area contributed by atoms with Crippen molar-refractivity contribution in [3.05, 3.63) is 29.8 Å². The molecule has 29 heavy (non-hydrogen) atoms. The van der Waals surface area contributed by atoms with Gasteiger partial charge < -0.3 is 14.9 Å². The van der Waals surface area contributed by atoms with E-state index in [0.29, 0.717) is 31.6 Å². The topological polar surface area (TPSA) is 116 Å². The Morgan fingerprint density at radius 1 is 1.14 bits per heavy atom. The normalized spacial score (nSPS) is 12.7. The van der Waals surface area contributed by atoms with Gasteiger partial charge in [0.2, 0.25) is 10.0 Å². The first-order chi connectivity index (χ1) is 13.8. The number of aliphatic hydroxyl groups is 1. The number of carboxylic acid groups (broad SMARTS) is 1. The minimum absolute atomic E-state index is 0.0201. The molecule has 1 atom stereocenters. The maximum absolute atomic E-state index is 12.4. The van der Waals surface area contributed by atoms with Gasteiger partial charge in [0.1, 0.15) is 6.73 Å². The van der Waals surface area contributed by atoms with E-state index in [9.17, 15) is 18.3 Å². The molecule has 0 aliphatic rings. The zero-order chi connectivity index (χ0) is 21.7. The molecule has 9 heteroatoms. The van der Waals surface area contributed by atoms with Gasteiger partial charge in [-0.05, 0) is 43.9 Å². The van der Waals surface area contributed by atoms with Crippen LogP contribution in [-0.4, -0.2) is 43.7 Å². The highest BCUT2D eigenvalue weighted by Crippen LogP contribution is 2.23. The molecule has 1 aromatic rings. The van der Waals surface area contributed by atoms with Gasteiger partial charge in [-0.3, -0.25) is 4.79 Å². The summed E-state index contributed by atoms with van der Waals surface area (Å²) in [5.74, 6) is -0.928. The summed E-state index contributed by atoms with van der Waals surface area (Å²) in [7, 11) is -3.57. The Bertz CT molecular complexity index is 693. The molecule has 0 spiro atoms. The smallest absolute Gasteiger partial charge is 0.303 e. The third-order valence-corrected chi connectivity index (χ3v) is 6.10. The summed E-state index contributed by atoms with van der Waals surface area (Å²) in [6.07, 6.45) is 4.39. The van der Waals surface area contributed by atoms with Crippen LogP contribution in [-0.2, 0) is 19.6 Å². The molecule has 0 saturated carbocycles. The third-order valence-electron chi connectivity index (χ3n) is 4.48. The minimum Gasteiger partial charge on any atom is -0.481 e. The van der Waals surface area contributed by atoms with Gasteiger partial charge in [0, 0.05) is 13.0 Å². The lowest BCUT2D eigenvalue weighted by atomic mass is 10.0. The van der Waals surface area contributed by atoms with Gasteiger partial charge in [0.05, 0.1) is 17.5 Å². The van der Waals surface area contributed by atoms with E-state index < -0.39 is 22.1 Å². The van der Waals surface area contributed by atoms with Crippen molar-refractivity contribution in [2.45, 2.75) is 64.9 Å². The van der Waals surface area contributed by atoms with E-state index in [4.69, 9.17) is 9.84 Å². The van der Waals surface area contributed by atoms with Gasteiger partial charge in [0.25, 0.3) is 0 Å². The van der Waals surface area contributed by atoms with E-state index in [1.165, 1.54) is 0 Å². The summed E-state index contributed by atoms with van der Waals surface area (Å²) in [6.45, 7) is 3.98. The zero-order valence-corrected chi connectivity index (χ0v) is 18.2. The molecule has 0 fully saturated rings. The van der Waals surface area contributed by atoms with E-state index in [0.717, 1.165) is 29.2 Å². The summed E-state index contributed by atoms with van der Waals surface area (Å²) in [5.41, 5.74) is 3.96. The monoisotopic (exact) mass is 430 g/mol. The predicted molar refractivity (Wildman–Crippen MR) is 113 cm³/mol. The van der Waals surface area contributed by atoms with E-state index in [2.05, 4.69) is 12.3 Å². The second-order valence-corrected chi connectivity index (χ2v) is 8.94. The van der Waals surface area contributed by atoms with Crippen molar-refractivity contribution in [3.63, 3.8) is 0 Å². The predicted octanol–water partition coefficient (Wildman–Crippen LogP) is 3.19. The number of carboxylic acids is 1. The van der Waals surface area contributed by atoms with Crippen LogP contribution < -0.4 is 9.84 Å². The molecule has 1 rings (SSSR count). The van der Waals surface area contributed by atoms with Gasteiger partial charge in [-0.15, -0.1) is 0 Å². The second-order valence-electron chi connectivity index (χ2n) is 6.83. The number of benzene rings is 1. The molecular weight excluding hydrogens is 396 g/mol. The molecule has 0 heterocycles. The average molecular weight is 431 g/mol. The van der Waals surface area contributed by atoms with Crippen molar-refractivity contribution >= 4 is 21.7 Å². The Morgan fingerprint density at radius 2 is 1.83 bits per heavy atom. The van der Waals surface area contributed by atoms with Crippen LogP contribution in [0.2, 0.25) is 0 Å². The number of nitrogens with one attached hydrogen (secondary N) is 1. The molecule has 0 aliphatic heterocycles. The molecule has 0 radical (unpaired) electrons. The number of anilines is 1. The number of hydrazine groups is 1. The molecule has 0 aliphatic carbocycles. The van der Waals surface area contributed by atoms with Crippen LogP contribution >= 0.6 is 0 Å². The minimum atomic E-state index is -3.57. The first kappa shape index (κ1) is 25.4. The number of nitrogens with zero attached hydrogens (tertiary/aromatic N) is 1. The van der Waals surface area contributed by atoms with Crippen molar-refractivity contribution in [1.82, 2.24) is 5.43 Å². The molecular formula is C20H34N2O6S. The Balaban J connectivity index is 2.65. The zero-order valence-electron chi connectivity index (χ0n) is 17.3. The molecule has 1 unspecified atom stereocenters. The first-order valence-electron chi connectivity index (χ1n) is 10.2. The summed E-state index contributed by atoms with van der Waals surface area (Å²) >= 11 is 0. The van der Waals surface area contributed by atoms with Gasteiger partial charge in [-0.2, -0.15) is 5.43 Å². The fourth-order valence-electron chi connectivity index (χ4n) is 2.72. The molecule has 1 aromatic carbocycles. The third kappa shape index (κ3) is 9.58. The molecule has 0 saturated heterocycles. The van der Waals surface area contributed by atoms with E-state index in [-0.39, 0.29) is 18.9 Å². The number of carbonyl (C=O) groups is 1. The first-order valence-corrected chi connectivity index (χ1v) is 11.8. The lowest BCUT2D eigenvalue weighted by Gasteiger charge is -2.25. The molecule has 0 aromatic heterocycles. The van der Waals surface area contributed by atoms with Gasteiger partial charge >= 0.3 is 5.97 Å². The standard InChI is InChI=1S/C20H34N2O6S/c1-3-5-6-9-19(23)17-11-13-18(14-12-17)22(29(26,27)4-2)21-16-28-15-8-7-10-20(24)25/h11-14,19,21,23H,3-10,15-16H2,1-2H3,(H,24,25). The number of rotatable bonds is 16. The fourth-order valence-corrected chi connectivity index (χ4v) is 3.67. The van der Waals surface area contributed by atoms with Crippen LogP contribution in [0.4, 0.5) is 5.69 Å². The number of aliphatic carboxylic acids is 1. The van der Waals surface area contributed by atoms with Crippen molar-refractivity contribution in [2.24, 2.45) is 0 Å². The van der Waals surface area contributed by atoms with Crippen molar-refractivity contribution < 1.29 is 28.2 Å². The number of hydrogen-bond donors (Lipinski definition) is 3. The van der Waals surface area contributed by atoms with Crippen LogP contribution in [0.25, 0.3) is 0 Å². The van der Waals surface area contributed by atoms with Crippen LogP contribution in [0.15, 0.2) is 24.3 Å². The molecule has 166 valence electrons. The maximum Gasteiger partial charge on any atom is 0.303 e. The van der Waals surface area contributed by atoms with Crippen molar-refractivity contribution in [1.29, 1.82) is 0 Å². The highest BCUT2D eigenvalue weighted by atomic mass is 32.2. The maximum atomic E-state index is 12.4. The molecule has 8 nitrogen and oxygen atoms in total. The summed E-state index contributed by atoms with van der Waals surface area (Å²) in [5, 5.41) is 18.9. The van der Waals surface area contributed by atoms with Crippen LogP contribution in [0.3, 0.4) is 0 Å². The molecule has 3 N–H and O–H groups in total. The van der Waals surface area contributed by atoms with E-state index >= 15 is 0 Å². The number of unbranched alkanes of at least 4 members (excludes halogenated alkanes) is 3. The number of ether oxygens (including phenoxy) is 1. The van der Waals surface area contributed by atoms with Gasteiger partial charge in [-0.1, -0.05) is 38.3 Å². The number of aliphatic hydroxyl groups excluding tert-OH is 1. The summed E-state index contributed by atoms with van der Waals surface area (Å²) in [6, 6.07) is 6.79. The summed E-state index contributed by atoms with van der Waals surface area (Å²) < 4.78 is 31.3. The SMILES string of the molecule is CCCCCC(O)c1ccc(N(NCOCCCCC(=O)O)S(=O)(=O)CC)cc1. The number of sulfonamides is 1. The highest BCUT2D eigenvalue weighted by Gasteiger charge is 2.21. The lowest BCUT2D eigenvalue weighted by Crippen LogP contribution is -2.45. The van der Waals surface area contributed by atoms with Crippen LogP contribution in [0.1, 0.15) is 70.5 Å². The number of hydrogen-bond acceptors (Lipinski definition) is 6. The van der Waals surface area contributed by atoms with Crippen molar-refractivity contribution in [2.75, 3.05) is 23.5 Å². The second kappa shape index (κ2) is 13.5.